The number of hydrogen-bond acceptors (Lipinski definition) is 4. The zero-order valence-corrected chi connectivity index (χ0v) is 11.2. The van der Waals surface area contributed by atoms with Gasteiger partial charge in [0.15, 0.2) is 0 Å². The standard InChI is InChI=1S/C14H18N2OS/c15-12(7-10-1-4-17-5-2-10)11-8-14-13(16-9-11)3-6-18-14/h3,6,8-10,12H,1-2,4-5,7,15H2. The Morgan fingerprint density at radius 3 is 3.11 bits per heavy atom. The summed E-state index contributed by atoms with van der Waals surface area (Å²) < 4.78 is 6.61. The molecule has 1 unspecified atom stereocenters. The van der Waals surface area contributed by atoms with E-state index >= 15 is 0 Å². The van der Waals surface area contributed by atoms with Crippen LogP contribution < -0.4 is 5.73 Å². The van der Waals surface area contributed by atoms with Crippen molar-refractivity contribution in [3.63, 3.8) is 0 Å². The van der Waals surface area contributed by atoms with Gasteiger partial charge in [0.05, 0.1) is 10.2 Å². The molecule has 1 atom stereocenters. The average Bonchev–Trinajstić information content (AvgIpc) is 2.87. The van der Waals surface area contributed by atoms with E-state index in [-0.39, 0.29) is 6.04 Å². The highest BCUT2D eigenvalue weighted by atomic mass is 32.1. The topological polar surface area (TPSA) is 48.1 Å². The molecule has 1 aliphatic rings. The Balaban J connectivity index is 1.72. The minimum Gasteiger partial charge on any atom is -0.381 e. The number of pyridine rings is 1. The third-order valence-electron chi connectivity index (χ3n) is 3.68. The summed E-state index contributed by atoms with van der Waals surface area (Å²) in [4.78, 5) is 4.46. The van der Waals surface area contributed by atoms with E-state index in [0.717, 1.165) is 43.6 Å². The molecule has 3 nitrogen and oxygen atoms in total. The highest BCUT2D eigenvalue weighted by molar-refractivity contribution is 7.17. The Kier molecular flexibility index (Phi) is 3.59. The number of rotatable bonds is 3. The summed E-state index contributed by atoms with van der Waals surface area (Å²) in [5.41, 5.74) is 8.54. The van der Waals surface area contributed by atoms with E-state index in [4.69, 9.17) is 10.5 Å². The van der Waals surface area contributed by atoms with Crippen molar-refractivity contribution >= 4 is 21.6 Å². The highest BCUT2D eigenvalue weighted by Gasteiger charge is 2.18. The van der Waals surface area contributed by atoms with Crippen molar-refractivity contribution in [3.8, 4) is 0 Å². The molecule has 0 aromatic carbocycles. The maximum absolute atomic E-state index is 6.31. The van der Waals surface area contributed by atoms with Gasteiger partial charge in [0.1, 0.15) is 0 Å². The number of nitrogens with two attached hydrogens (primary N) is 1. The average molecular weight is 262 g/mol. The number of nitrogens with zero attached hydrogens (tertiary/aromatic N) is 1. The molecule has 2 aromatic heterocycles. The van der Waals surface area contributed by atoms with Crippen LogP contribution in [0.25, 0.3) is 10.2 Å². The molecule has 1 saturated heterocycles. The lowest BCUT2D eigenvalue weighted by Gasteiger charge is -2.24. The number of fused-ring (bicyclic) bond motifs is 1. The van der Waals surface area contributed by atoms with Crippen molar-refractivity contribution in [2.75, 3.05) is 13.2 Å². The second-order valence-corrected chi connectivity index (χ2v) is 5.92. The third-order valence-corrected chi connectivity index (χ3v) is 4.53. The fraction of sp³-hybridized carbons (Fsp3) is 0.500. The maximum Gasteiger partial charge on any atom is 0.0809 e. The van der Waals surface area contributed by atoms with Crippen molar-refractivity contribution in [3.05, 3.63) is 29.3 Å². The number of aromatic nitrogens is 1. The van der Waals surface area contributed by atoms with Crippen LogP contribution in [-0.4, -0.2) is 18.2 Å². The molecule has 0 aliphatic carbocycles. The van der Waals surface area contributed by atoms with Gasteiger partial charge >= 0.3 is 0 Å². The summed E-state index contributed by atoms with van der Waals surface area (Å²) in [6.45, 7) is 1.78. The van der Waals surface area contributed by atoms with Crippen LogP contribution in [0.3, 0.4) is 0 Å². The fourth-order valence-electron chi connectivity index (χ4n) is 2.54. The van der Waals surface area contributed by atoms with Crippen LogP contribution in [0.2, 0.25) is 0 Å². The molecule has 3 rings (SSSR count). The molecule has 0 saturated carbocycles. The summed E-state index contributed by atoms with van der Waals surface area (Å²) in [5, 5.41) is 2.07. The Morgan fingerprint density at radius 2 is 2.28 bits per heavy atom. The zero-order chi connectivity index (χ0) is 12.4. The van der Waals surface area contributed by atoms with Gasteiger partial charge in [-0.1, -0.05) is 0 Å². The Morgan fingerprint density at radius 1 is 1.44 bits per heavy atom. The van der Waals surface area contributed by atoms with Crippen LogP contribution in [0.1, 0.15) is 30.9 Å². The van der Waals surface area contributed by atoms with Gasteiger partial charge < -0.3 is 10.5 Å². The van der Waals surface area contributed by atoms with E-state index in [2.05, 4.69) is 16.4 Å². The summed E-state index contributed by atoms with van der Waals surface area (Å²) in [5.74, 6) is 0.702. The summed E-state index contributed by atoms with van der Waals surface area (Å²) in [7, 11) is 0. The maximum atomic E-state index is 6.31. The van der Waals surface area contributed by atoms with Crippen molar-refractivity contribution in [2.24, 2.45) is 11.7 Å². The molecular formula is C14H18N2OS. The predicted octanol–water partition coefficient (Wildman–Crippen LogP) is 3.11. The first kappa shape index (κ1) is 12.1. The molecular weight excluding hydrogens is 244 g/mol. The quantitative estimate of drug-likeness (QED) is 0.924. The molecule has 3 heterocycles. The second kappa shape index (κ2) is 5.34. The van der Waals surface area contributed by atoms with E-state index in [0.29, 0.717) is 5.92 Å². The summed E-state index contributed by atoms with van der Waals surface area (Å²) in [6, 6.07) is 4.34. The van der Waals surface area contributed by atoms with Gasteiger partial charge in [0.25, 0.3) is 0 Å². The highest BCUT2D eigenvalue weighted by Crippen LogP contribution is 2.28. The molecule has 96 valence electrons. The van der Waals surface area contributed by atoms with Crippen molar-refractivity contribution < 1.29 is 4.74 Å². The van der Waals surface area contributed by atoms with Gasteiger partial charge in [0, 0.05) is 25.5 Å². The Hall–Kier alpha value is -0.970. The lowest BCUT2D eigenvalue weighted by Crippen LogP contribution is -2.21. The minimum absolute atomic E-state index is 0.104. The molecule has 2 aromatic rings. The number of hydrogen-bond donors (Lipinski definition) is 1. The largest absolute Gasteiger partial charge is 0.381 e. The van der Waals surface area contributed by atoms with Crippen molar-refractivity contribution in [1.29, 1.82) is 0 Å². The molecule has 2 N–H and O–H groups in total. The molecule has 0 amide bonds. The van der Waals surface area contributed by atoms with Gasteiger partial charge in [0.2, 0.25) is 0 Å². The second-order valence-electron chi connectivity index (χ2n) is 4.97. The number of ether oxygens (including phenoxy) is 1. The van der Waals surface area contributed by atoms with Gasteiger partial charge in [-0.2, -0.15) is 0 Å². The van der Waals surface area contributed by atoms with E-state index in [1.165, 1.54) is 4.70 Å². The van der Waals surface area contributed by atoms with Crippen LogP contribution in [-0.2, 0) is 4.74 Å². The molecule has 0 spiro atoms. The first-order valence-electron chi connectivity index (χ1n) is 6.49. The van der Waals surface area contributed by atoms with E-state index in [1.807, 2.05) is 12.3 Å². The van der Waals surface area contributed by atoms with Crippen LogP contribution in [0.15, 0.2) is 23.7 Å². The first-order chi connectivity index (χ1) is 8.83. The van der Waals surface area contributed by atoms with E-state index in [9.17, 15) is 0 Å². The smallest absolute Gasteiger partial charge is 0.0809 e. The molecule has 18 heavy (non-hydrogen) atoms. The van der Waals surface area contributed by atoms with E-state index in [1.54, 1.807) is 11.3 Å². The van der Waals surface area contributed by atoms with Gasteiger partial charge in [-0.3, -0.25) is 4.98 Å². The lowest BCUT2D eigenvalue weighted by molar-refractivity contribution is 0.0618. The van der Waals surface area contributed by atoms with Crippen LogP contribution >= 0.6 is 11.3 Å². The molecule has 1 aliphatic heterocycles. The molecule has 0 bridgehead atoms. The minimum atomic E-state index is 0.104. The fourth-order valence-corrected chi connectivity index (χ4v) is 3.33. The number of thiophene rings is 1. The van der Waals surface area contributed by atoms with Gasteiger partial charge in [-0.25, -0.2) is 0 Å². The summed E-state index contributed by atoms with van der Waals surface area (Å²) >= 11 is 1.73. The molecule has 0 radical (unpaired) electrons. The molecule has 1 fully saturated rings. The lowest BCUT2D eigenvalue weighted by atomic mass is 9.90. The SMILES string of the molecule is NC(CC1CCOCC1)c1cnc2ccsc2c1. The zero-order valence-electron chi connectivity index (χ0n) is 10.3. The normalized spacial score (nSPS) is 19.2. The third kappa shape index (κ3) is 2.55. The van der Waals surface area contributed by atoms with Crippen molar-refractivity contribution in [1.82, 2.24) is 4.98 Å². The first-order valence-corrected chi connectivity index (χ1v) is 7.37. The van der Waals surface area contributed by atoms with Crippen LogP contribution in [0.5, 0.6) is 0 Å². The summed E-state index contributed by atoms with van der Waals surface area (Å²) in [6.07, 6.45) is 5.26. The van der Waals surface area contributed by atoms with E-state index < -0.39 is 0 Å². The Labute approximate surface area is 111 Å². The van der Waals surface area contributed by atoms with Gasteiger partial charge in [-0.15, -0.1) is 11.3 Å². The van der Waals surface area contributed by atoms with Gasteiger partial charge in [-0.05, 0) is 48.3 Å². The monoisotopic (exact) mass is 262 g/mol. The molecule has 4 heteroatoms. The predicted molar refractivity (Wildman–Crippen MR) is 74.7 cm³/mol. The van der Waals surface area contributed by atoms with Crippen molar-refractivity contribution in [2.45, 2.75) is 25.3 Å². The van der Waals surface area contributed by atoms with Crippen LogP contribution in [0, 0.1) is 5.92 Å². The Bertz CT molecular complexity index is 519. The van der Waals surface area contributed by atoms with Crippen LogP contribution in [0.4, 0.5) is 0 Å².